The molecule has 114 valence electrons. The van der Waals surface area contributed by atoms with Gasteiger partial charge in [0.25, 0.3) is 0 Å². The average Bonchev–Trinajstić information content (AvgIpc) is 2.65. The van der Waals surface area contributed by atoms with Gasteiger partial charge in [-0.05, 0) is 32.1 Å². The third kappa shape index (κ3) is 2.89. The molecular weight excluding hydrogens is 276 g/mol. The highest BCUT2D eigenvalue weighted by Crippen LogP contribution is 2.27. The van der Waals surface area contributed by atoms with Gasteiger partial charge in [0.2, 0.25) is 10.0 Å². The molecule has 0 bridgehead atoms. The van der Waals surface area contributed by atoms with Gasteiger partial charge >= 0.3 is 0 Å². The van der Waals surface area contributed by atoms with Crippen molar-refractivity contribution < 1.29 is 8.42 Å². The Labute approximate surface area is 120 Å². The van der Waals surface area contributed by atoms with Crippen LogP contribution in [-0.4, -0.2) is 36.0 Å². The quantitative estimate of drug-likeness (QED) is 0.878. The summed E-state index contributed by atoms with van der Waals surface area (Å²) in [5.41, 5.74) is 6.60. The number of aryl methyl sites for hydroxylation is 1. The lowest BCUT2D eigenvalue weighted by atomic mass is 9.98. The van der Waals surface area contributed by atoms with Crippen molar-refractivity contribution in [2.75, 3.05) is 13.1 Å². The van der Waals surface area contributed by atoms with Crippen molar-refractivity contribution >= 4 is 10.0 Å². The first-order valence-corrected chi connectivity index (χ1v) is 8.68. The Balaban J connectivity index is 2.28. The fourth-order valence-corrected chi connectivity index (χ4v) is 4.70. The topological polar surface area (TPSA) is 92.1 Å². The second-order valence-electron chi connectivity index (χ2n) is 5.44. The number of sulfonamides is 1. The second kappa shape index (κ2) is 6.24. The Morgan fingerprint density at radius 3 is 2.80 bits per heavy atom. The Morgan fingerprint density at radius 1 is 1.40 bits per heavy atom. The van der Waals surface area contributed by atoms with Gasteiger partial charge in [-0.2, -0.15) is 9.40 Å². The number of H-pyrrole nitrogens is 1. The number of aromatic nitrogens is 2. The summed E-state index contributed by atoms with van der Waals surface area (Å²) in [6.45, 7) is 5.21. The van der Waals surface area contributed by atoms with Gasteiger partial charge in [-0.15, -0.1) is 0 Å². The van der Waals surface area contributed by atoms with Gasteiger partial charge < -0.3 is 5.73 Å². The van der Waals surface area contributed by atoms with Crippen molar-refractivity contribution in [1.29, 1.82) is 0 Å². The number of hydrogen-bond acceptors (Lipinski definition) is 4. The van der Waals surface area contributed by atoms with Crippen LogP contribution in [0.1, 0.15) is 44.0 Å². The molecule has 0 amide bonds. The molecule has 2 heterocycles. The van der Waals surface area contributed by atoms with Crippen LogP contribution >= 0.6 is 0 Å². The van der Waals surface area contributed by atoms with Crippen LogP contribution in [0.3, 0.4) is 0 Å². The zero-order valence-corrected chi connectivity index (χ0v) is 13.0. The zero-order chi connectivity index (χ0) is 14.8. The molecule has 0 spiro atoms. The van der Waals surface area contributed by atoms with Crippen LogP contribution < -0.4 is 5.73 Å². The Hall–Kier alpha value is -0.920. The minimum absolute atomic E-state index is 0.129. The van der Waals surface area contributed by atoms with E-state index >= 15 is 0 Å². The molecule has 1 fully saturated rings. The summed E-state index contributed by atoms with van der Waals surface area (Å²) in [6.07, 6.45) is 4.08. The number of nitrogens with one attached hydrogen (secondary N) is 1. The Bertz CT molecular complexity index is 553. The van der Waals surface area contributed by atoms with Crippen LogP contribution in [0.4, 0.5) is 0 Å². The molecule has 2 rings (SSSR count). The molecule has 1 aromatic heterocycles. The van der Waals surface area contributed by atoms with Gasteiger partial charge in [0.15, 0.2) is 0 Å². The number of hydrogen-bond donors (Lipinski definition) is 2. The summed E-state index contributed by atoms with van der Waals surface area (Å²) in [5, 5.41) is 6.73. The van der Waals surface area contributed by atoms with E-state index in [9.17, 15) is 8.42 Å². The third-order valence-electron chi connectivity index (χ3n) is 4.14. The van der Waals surface area contributed by atoms with Gasteiger partial charge in [-0.1, -0.05) is 13.3 Å². The van der Waals surface area contributed by atoms with E-state index in [2.05, 4.69) is 17.1 Å². The SMILES string of the molecule is CCC1CCCN(S(=O)(=O)c2c(CN)n[nH]c2C)CC1. The maximum atomic E-state index is 12.8. The largest absolute Gasteiger partial charge is 0.325 e. The molecule has 0 radical (unpaired) electrons. The number of nitrogens with zero attached hydrogens (tertiary/aromatic N) is 2. The minimum atomic E-state index is -3.49. The van der Waals surface area contributed by atoms with E-state index in [-0.39, 0.29) is 11.4 Å². The van der Waals surface area contributed by atoms with Crippen molar-refractivity contribution in [3.63, 3.8) is 0 Å². The van der Waals surface area contributed by atoms with E-state index in [1.54, 1.807) is 11.2 Å². The highest BCUT2D eigenvalue weighted by molar-refractivity contribution is 7.89. The van der Waals surface area contributed by atoms with Crippen molar-refractivity contribution in [2.24, 2.45) is 11.7 Å². The normalized spacial score (nSPS) is 21.9. The lowest BCUT2D eigenvalue weighted by Crippen LogP contribution is -2.33. The monoisotopic (exact) mass is 300 g/mol. The maximum absolute atomic E-state index is 12.8. The van der Waals surface area contributed by atoms with Crippen molar-refractivity contribution in [1.82, 2.24) is 14.5 Å². The molecule has 1 saturated heterocycles. The summed E-state index contributed by atoms with van der Waals surface area (Å²) in [4.78, 5) is 0.273. The fraction of sp³-hybridized carbons (Fsp3) is 0.769. The molecule has 20 heavy (non-hydrogen) atoms. The average molecular weight is 300 g/mol. The van der Waals surface area contributed by atoms with Crippen LogP contribution in [0.5, 0.6) is 0 Å². The van der Waals surface area contributed by atoms with E-state index in [0.29, 0.717) is 30.4 Å². The number of aromatic amines is 1. The molecule has 7 heteroatoms. The summed E-state index contributed by atoms with van der Waals surface area (Å²) < 4.78 is 27.2. The van der Waals surface area contributed by atoms with E-state index in [4.69, 9.17) is 5.73 Å². The molecule has 1 aliphatic heterocycles. The molecular formula is C13H24N4O2S. The molecule has 6 nitrogen and oxygen atoms in total. The van der Waals surface area contributed by atoms with Crippen molar-refractivity contribution in [3.05, 3.63) is 11.4 Å². The van der Waals surface area contributed by atoms with Gasteiger partial charge in [-0.25, -0.2) is 8.42 Å². The van der Waals surface area contributed by atoms with Crippen molar-refractivity contribution in [2.45, 2.75) is 51.0 Å². The molecule has 0 aromatic carbocycles. The van der Waals surface area contributed by atoms with E-state index in [1.165, 1.54) is 0 Å². The van der Waals surface area contributed by atoms with Gasteiger partial charge in [0.05, 0.1) is 11.4 Å². The Morgan fingerprint density at radius 2 is 2.15 bits per heavy atom. The molecule has 1 unspecified atom stereocenters. The summed E-state index contributed by atoms with van der Waals surface area (Å²) in [7, 11) is -3.49. The molecule has 1 aromatic rings. The Kier molecular flexibility index (Phi) is 4.82. The lowest BCUT2D eigenvalue weighted by Gasteiger charge is -2.20. The third-order valence-corrected chi connectivity index (χ3v) is 6.24. The highest BCUT2D eigenvalue weighted by Gasteiger charge is 2.31. The van der Waals surface area contributed by atoms with Gasteiger partial charge in [-0.3, -0.25) is 5.10 Å². The smallest absolute Gasteiger partial charge is 0.246 e. The van der Waals surface area contributed by atoms with Crippen LogP contribution in [0.15, 0.2) is 4.90 Å². The molecule has 0 aliphatic carbocycles. The lowest BCUT2D eigenvalue weighted by molar-refractivity contribution is 0.407. The van der Waals surface area contributed by atoms with E-state index in [0.717, 1.165) is 25.7 Å². The number of rotatable bonds is 4. The molecule has 0 saturated carbocycles. The second-order valence-corrected chi connectivity index (χ2v) is 7.31. The van der Waals surface area contributed by atoms with Crippen molar-refractivity contribution in [3.8, 4) is 0 Å². The zero-order valence-electron chi connectivity index (χ0n) is 12.2. The summed E-state index contributed by atoms with van der Waals surface area (Å²) >= 11 is 0. The first-order valence-electron chi connectivity index (χ1n) is 7.24. The van der Waals surface area contributed by atoms with Gasteiger partial charge in [0, 0.05) is 19.6 Å². The van der Waals surface area contributed by atoms with E-state index < -0.39 is 10.0 Å². The van der Waals surface area contributed by atoms with E-state index in [1.807, 2.05) is 0 Å². The first-order chi connectivity index (χ1) is 9.50. The minimum Gasteiger partial charge on any atom is -0.325 e. The summed E-state index contributed by atoms with van der Waals surface area (Å²) in [5.74, 6) is 0.634. The number of nitrogens with two attached hydrogens (primary N) is 1. The van der Waals surface area contributed by atoms with Crippen LogP contribution in [0.25, 0.3) is 0 Å². The van der Waals surface area contributed by atoms with Crippen LogP contribution in [0.2, 0.25) is 0 Å². The molecule has 1 aliphatic rings. The van der Waals surface area contributed by atoms with Crippen LogP contribution in [0, 0.1) is 12.8 Å². The highest BCUT2D eigenvalue weighted by atomic mass is 32.2. The van der Waals surface area contributed by atoms with Gasteiger partial charge in [0.1, 0.15) is 4.90 Å². The maximum Gasteiger partial charge on any atom is 0.246 e. The van der Waals surface area contributed by atoms with Crippen LogP contribution in [-0.2, 0) is 16.6 Å². The molecule has 3 N–H and O–H groups in total. The standard InChI is InChI=1S/C13H24N4O2S/c1-3-11-5-4-7-17(8-6-11)20(18,19)13-10(2)15-16-12(13)9-14/h11H,3-9,14H2,1-2H3,(H,15,16). The first kappa shape index (κ1) is 15.5. The predicted molar refractivity (Wildman–Crippen MR) is 77.6 cm³/mol. The fourth-order valence-electron chi connectivity index (χ4n) is 2.87. The molecule has 1 atom stereocenters. The summed E-state index contributed by atoms with van der Waals surface area (Å²) in [6, 6.07) is 0. The predicted octanol–water partition coefficient (Wildman–Crippen LogP) is 1.38.